The highest BCUT2D eigenvalue weighted by molar-refractivity contribution is 7.09. The second kappa shape index (κ2) is 4.37. The summed E-state index contributed by atoms with van der Waals surface area (Å²) in [6, 6.07) is 0. The van der Waals surface area contributed by atoms with E-state index in [1.54, 1.807) is 0 Å². The quantitative estimate of drug-likeness (QED) is 0.806. The Morgan fingerprint density at radius 2 is 2.38 bits per heavy atom. The van der Waals surface area contributed by atoms with Crippen molar-refractivity contribution < 1.29 is 9.90 Å². The van der Waals surface area contributed by atoms with Crippen LogP contribution in [-0.2, 0) is 17.6 Å². The predicted octanol–water partition coefficient (Wildman–Crippen LogP) is 1.97. The van der Waals surface area contributed by atoms with E-state index in [1.807, 2.05) is 5.38 Å². The van der Waals surface area contributed by atoms with Crippen molar-refractivity contribution in [1.82, 2.24) is 4.98 Å². The summed E-state index contributed by atoms with van der Waals surface area (Å²) in [6.45, 7) is 4.24. The molecule has 0 spiro atoms. The van der Waals surface area contributed by atoms with Crippen LogP contribution in [0.1, 0.15) is 24.5 Å². The van der Waals surface area contributed by atoms with Crippen molar-refractivity contribution in [1.29, 1.82) is 0 Å². The van der Waals surface area contributed by atoms with E-state index < -0.39 is 5.97 Å². The third-order valence-corrected chi connectivity index (χ3v) is 2.42. The van der Waals surface area contributed by atoms with Crippen molar-refractivity contribution >= 4 is 17.3 Å². The second-order valence-corrected chi connectivity index (χ2v) is 4.34. The van der Waals surface area contributed by atoms with Gasteiger partial charge in [-0.25, -0.2) is 4.98 Å². The van der Waals surface area contributed by atoms with Gasteiger partial charge in [0.1, 0.15) is 5.01 Å². The summed E-state index contributed by atoms with van der Waals surface area (Å²) in [6.07, 6.45) is 0.971. The Balaban J connectivity index is 2.58. The van der Waals surface area contributed by atoms with Gasteiger partial charge in [-0.05, 0) is 12.3 Å². The van der Waals surface area contributed by atoms with Crippen molar-refractivity contribution in [3.05, 3.63) is 16.1 Å². The maximum Gasteiger partial charge on any atom is 0.310 e. The normalized spacial score (nSPS) is 10.7. The van der Waals surface area contributed by atoms with Gasteiger partial charge in [-0.2, -0.15) is 0 Å². The van der Waals surface area contributed by atoms with E-state index in [4.69, 9.17) is 5.11 Å². The van der Waals surface area contributed by atoms with E-state index in [1.165, 1.54) is 11.3 Å². The number of carbonyl (C=O) groups is 1. The van der Waals surface area contributed by atoms with Gasteiger partial charge in [0.25, 0.3) is 0 Å². The number of hydrogen-bond acceptors (Lipinski definition) is 3. The van der Waals surface area contributed by atoms with E-state index in [0.29, 0.717) is 10.9 Å². The molecule has 0 fully saturated rings. The first-order valence-electron chi connectivity index (χ1n) is 4.23. The zero-order valence-corrected chi connectivity index (χ0v) is 8.60. The van der Waals surface area contributed by atoms with Crippen LogP contribution in [-0.4, -0.2) is 16.1 Å². The lowest BCUT2D eigenvalue weighted by atomic mass is 10.1. The van der Waals surface area contributed by atoms with Crippen LogP contribution in [0, 0.1) is 5.92 Å². The molecule has 1 aromatic rings. The third-order valence-electron chi connectivity index (χ3n) is 1.52. The van der Waals surface area contributed by atoms with Crippen LogP contribution in [0.4, 0.5) is 0 Å². The van der Waals surface area contributed by atoms with E-state index in [0.717, 1.165) is 12.1 Å². The highest BCUT2D eigenvalue weighted by Gasteiger charge is 2.06. The van der Waals surface area contributed by atoms with Crippen LogP contribution >= 0.6 is 11.3 Å². The molecule has 4 heteroatoms. The molecule has 0 atom stereocenters. The molecule has 1 N–H and O–H groups in total. The molecular weight excluding hydrogens is 186 g/mol. The molecule has 1 rings (SSSR count). The zero-order valence-electron chi connectivity index (χ0n) is 7.78. The van der Waals surface area contributed by atoms with E-state index >= 15 is 0 Å². The topological polar surface area (TPSA) is 50.2 Å². The SMILES string of the molecule is CC(C)Cc1csc(CC(=O)O)n1. The minimum absolute atomic E-state index is 0.0444. The average molecular weight is 199 g/mol. The van der Waals surface area contributed by atoms with Crippen molar-refractivity contribution in [2.45, 2.75) is 26.7 Å². The predicted molar refractivity (Wildman–Crippen MR) is 52.0 cm³/mol. The minimum atomic E-state index is -0.814. The second-order valence-electron chi connectivity index (χ2n) is 3.40. The maximum atomic E-state index is 10.4. The molecule has 3 nitrogen and oxygen atoms in total. The Bertz CT molecular complexity index is 294. The largest absolute Gasteiger partial charge is 0.481 e. The Morgan fingerprint density at radius 1 is 1.69 bits per heavy atom. The first-order valence-corrected chi connectivity index (χ1v) is 5.11. The molecule has 0 unspecified atom stereocenters. The van der Waals surface area contributed by atoms with Crippen molar-refractivity contribution in [3.63, 3.8) is 0 Å². The van der Waals surface area contributed by atoms with Crippen LogP contribution in [0.2, 0.25) is 0 Å². The Morgan fingerprint density at radius 3 is 2.92 bits per heavy atom. The van der Waals surface area contributed by atoms with Crippen LogP contribution in [0.3, 0.4) is 0 Å². The minimum Gasteiger partial charge on any atom is -0.481 e. The molecular formula is C9H13NO2S. The molecule has 1 aromatic heterocycles. The van der Waals surface area contributed by atoms with E-state index in [2.05, 4.69) is 18.8 Å². The van der Waals surface area contributed by atoms with Gasteiger partial charge >= 0.3 is 5.97 Å². The van der Waals surface area contributed by atoms with Gasteiger partial charge in [0.05, 0.1) is 12.1 Å². The van der Waals surface area contributed by atoms with Gasteiger partial charge in [0.2, 0.25) is 0 Å². The summed E-state index contributed by atoms with van der Waals surface area (Å²) in [5.74, 6) is -0.245. The van der Waals surface area contributed by atoms with Crippen LogP contribution in [0.25, 0.3) is 0 Å². The molecule has 0 saturated heterocycles. The fourth-order valence-corrected chi connectivity index (χ4v) is 1.87. The standard InChI is InChI=1S/C9H13NO2S/c1-6(2)3-7-5-13-8(10-7)4-9(11)12/h5-6H,3-4H2,1-2H3,(H,11,12). The summed E-state index contributed by atoms with van der Waals surface area (Å²) in [4.78, 5) is 14.6. The lowest BCUT2D eigenvalue weighted by molar-refractivity contribution is -0.136. The van der Waals surface area contributed by atoms with Crippen molar-refractivity contribution in [2.75, 3.05) is 0 Å². The monoisotopic (exact) mass is 199 g/mol. The van der Waals surface area contributed by atoms with E-state index in [-0.39, 0.29) is 6.42 Å². The summed E-state index contributed by atoms with van der Waals surface area (Å²) in [5.41, 5.74) is 1.01. The first-order chi connectivity index (χ1) is 6.08. The fourth-order valence-electron chi connectivity index (χ4n) is 1.07. The molecule has 0 radical (unpaired) electrons. The summed E-state index contributed by atoms with van der Waals surface area (Å²) in [5, 5.41) is 11.2. The van der Waals surface area contributed by atoms with Crippen molar-refractivity contribution in [2.24, 2.45) is 5.92 Å². The van der Waals surface area contributed by atoms with Crippen LogP contribution < -0.4 is 0 Å². The van der Waals surface area contributed by atoms with Gasteiger partial charge in [0.15, 0.2) is 0 Å². The Hall–Kier alpha value is -0.900. The Kier molecular flexibility index (Phi) is 3.42. The lowest BCUT2D eigenvalue weighted by Gasteiger charge is -1.98. The summed E-state index contributed by atoms with van der Waals surface area (Å²) < 4.78 is 0. The van der Waals surface area contributed by atoms with Gasteiger partial charge in [0, 0.05) is 5.38 Å². The number of thiazole rings is 1. The first kappa shape index (κ1) is 10.2. The van der Waals surface area contributed by atoms with Gasteiger partial charge in [-0.15, -0.1) is 11.3 Å². The third kappa shape index (κ3) is 3.55. The molecule has 1 heterocycles. The molecule has 0 aliphatic rings. The van der Waals surface area contributed by atoms with Crippen LogP contribution in [0.15, 0.2) is 5.38 Å². The molecule has 0 aliphatic carbocycles. The van der Waals surface area contributed by atoms with Crippen LogP contribution in [0.5, 0.6) is 0 Å². The lowest BCUT2D eigenvalue weighted by Crippen LogP contribution is -2.00. The summed E-state index contributed by atoms with van der Waals surface area (Å²) >= 11 is 1.43. The number of aromatic nitrogens is 1. The molecule has 0 bridgehead atoms. The highest BCUT2D eigenvalue weighted by Crippen LogP contribution is 2.13. The molecule has 0 aromatic carbocycles. The van der Waals surface area contributed by atoms with Gasteiger partial charge in [-0.1, -0.05) is 13.8 Å². The average Bonchev–Trinajstić information content (AvgIpc) is 2.33. The molecule has 0 amide bonds. The van der Waals surface area contributed by atoms with Gasteiger partial charge in [-0.3, -0.25) is 4.79 Å². The van der Waals surface area contributed by atoms with E-state index in [9.17, 15) is 4.79 Å². The number of carboxylic acids is 1. The number of carboxylic acid groups (broad SMARTS) is 1. The molecule has 13 heavy (non-hydrogen) atoms. The van der Waals surface area contributed by atoms with Crippen molar-refractivity contribution in [3.8, 4) is 0 Å². The number of aliphatic carboxylic acids is 1. The number of hydrogen-bond donors (Lipinski definition) is 1. The number of nitrogens with zero attached hydrogens (tertiary/aromatic N) is 1. The molecule has 0 aliphatic heterocycles. The number of rotatable bonds is 4. The fraction of sp³-hybridized carbons (Fsp3) is 0.556. The maximum absolute atomic E-state index is 10.4. The molecule has 72 valence electrons. The zero-order chi connectivity index (χ0) is 9.84. The highest BCUT2D eigenvalue weighted by atomic mass is 32.1. The smallest absolute Gasteiger partial charge is 0.310 e. The van der Waals surface area contributed by atoms with Gasteiger partial charge < -0.3 is 5.11 Å². The summed E-state index contributed by atoms with van der Waals surface area (Å²) in [7, 11) is 0. The Labute approximate surface area is 81.4 Å². The molecule has 0 saturated carbocycles.